The third-order valence-electron chi connectivity index (χ3n) is 4.09. The van der Waals surface area contributed by atoms with Crippen molar-refractivity contribution in [1.82, 2.24) is 4.98 Å². The standard InChI is InChI=1S/C19H19NO5S/c1-12-19(14-6-9-15(10-7-14)26(2,23)24)25-17(20-12)11-8-13-4-3-5-16(21)18(13)22/h3-7,9-10,21-22H,8,11H2,1-2H3. The monoisotopic (exact) mass is 373 g/mol. The molecule has 6 nitrogen and oxygen atoms in total. The van der Waals surface area contributed by atoms with Crippen molar-refractivity contribution in [2.75, 3.05) is 6.26 Å². The predicted molar refractivity (Wildman–Crippen MR) is 97.0 cm³/mol. The Hall–Kier alpha value is -2.80. The molecule has 2 aromatic carbocycles. The molecular formula is C19H19NO5S. The first-order chi connectivity index (χ1) is 12.3. The first-order valence-electron chi connectivity index (χ1n) is 8.02. The molecule has 26 heavy (non-hydrogen) atoms. The molecule has 0 bridgehead atoms. The summed E-state index contributed by atoms with van der Waals surface area (Å²) in [7, 11) is -3.24. The van der Waals surface area contributed by atoms with Gasteiger partial charge < -0.3 is 14.6 Å². The highest BCUT2D eigenvalue weighted by atomic mass is 32.2. The second kappa shape index (κ2) is 6.84. The molecule has 3 rings (SSSR count). The number of nitrogens with zero attached hydrogens (tertiary/aromatic N) is 1. The predicted octanol–water partition coefficient (Wildman–Crippen LogP) is 3.25. The summed E-state index contributed by atoms with van der Waals surface area (Å²) < 4.78 is 28.9. The maximum absolute atomic E-state index is 11.5. The van der Waals surface area contributed by atoms with Crippen LogP contribution in [0.25, 0.3) is 11.3 Å². The molecule has 136 valence electrons. The molecule has 0 spiro atoms. The lowest BCUT2D eigenvalue weighted by Gasteiger charge is -2.04. The molecule has 0 amide bonds. The fraction of sp³-hybridized carbons (Fsp3) is 0.211. The van der Waals surface area contributed by atoms with E-state index < -0.39 is 9.84 Å². The van der Waals surface area contributed by atoms with Gasteiger partial charge in [-0.25, -0.2) is 13.4 Å². The van der Waals surface area contributed by atoms with E-state index in [4.69, 9.17) is 4.42 Å². The number of rotatable bonds is 5. The van der Waals surface area contributed by atoms with Gasteiger partial charge in [0.05, 0.1) is 10.6 Å². The Morgan fingerprint density at radius 2 is 1.73 bits per heavy atom. The van der Waals surface area contributed by atoms with E-state index in [1.54, 1.807) is 24.3 Å². The van der Waals surface area contributed by atoms with E-state index >= 15 is 0 Å². The Bertz CT molecular complexity index is 1040. The van der Waals surface area contributed by atoms with E-state index in [0.717, 1.165) is 11.8 Å². The molecule has 1 heterocycles. The van der Waals surface area contributed by atoms with E-state index in [1.165, 1.54) is 18.2 Å². The minimum absolute atomic E-state index is 0.132. The number of hydrogen-bond acceptors (Lipinski definition) is 6. The number of aryl methyl sites for hydroxylation is 3. The summed E-state index contributed by atoms with van der Waals surface area (Å²) in [5.74, 6) is 0.803. The maximum Gasteiger partial charge on any atom is 0.195 e. The lowest BCUT2D eigenvalue weighted by atomic mass is 10.1. The number of hydrogen-bond donors (Lipinski definition) is 2. The van der Waals surface area contributed by atoms with Crippen LogP contribution >= 0.6 is 0 Å². The molecule has 0 atom stereocenters. The zero-order chi connectivity index (χ0) is 18.9. The second-order valence-corrected chi connectivity index (χ2v) is 8.12. The van der Waals surface area contributed by atoms with Gasteiger partial charge in [-0.05, 0) is 49.2 Å². The summed E-state index contributed by atoms with van der Waals surface area (Å²) in [6.45, 7) is 1.82. The Balaban J connectivity index is 1.80. The fourth-order valence-electron chi connectivity index (χ4n) is 2.70. The van der Waals surface area contributed by atoms with Crippen LogP contribution in [0.5, 0.6) is 11.5 Å². The molecule has 0 saturated carbocycles. The van der Waals surface area contributed by atoms with Gasteiger partial charge in [0.15, 0.2) is 33.0 Å². The average molecular weight is 373 g/mol. The van der Waals surface area contributed by atoms with Crippen LogP contribution in [0.3, 0.4) is 0 Å². The smallest absolute Gasteiger partial charge is 0.195 e. The SMILES string of the molecule is Cc1nc(CCc2cccc(O)c2O)oc1-c1ccc(S(C)(=O)=O)cc1. The van der Waals surface area contributed by atoms with Gasteiger partial charge >= 0.3 is 0 Å². The van der Waals surface area contributed by atoms with Gasteiger partial charge in [-0.15, -0.1) is 0 Å². The Labute approximate surface area is 151 Å². The molecule has 0 saturated heterocycles. The molecule has 3 aromatic rings. The summed E-state index contributed by atoms with van der Waals surface area (Å²) in [5, 5.41) is 19.4. The van der Waals surface area contributed by atoms with Crippen molar-refractivity contribution < 1.29 is 23.0 Å². The topological polar surface area (TPSA) is 101 Å². The number of aromatic hydroxyl groups is 2. The van der Waals surface area contributed by atoms with Crippen LogP contribution in [0.4, 0.5) is 0 Å². The molecule has 0 aliphatic carbocycles. The maximum atomic E-state index is 11.5. The number of oxazole rings is 1. The molecule has 2 N–H and O–H groups in total. The van der Waals surface area contributed by atoms with Crippen molar-refractivity contribution in [1.29, 1.82) is 0 Å². The van der Waals surface area contributed by atoms with Gasteiger partial charge in [0.2, 0.25) is 0 Å². The lowest BCUT2D eigenvalue weighted by Crippen LogP contribution is -1.96. The minimum Gasteiger partial charge on any atom is -0.504 e. The molecule has 0 radical (unpaired) electrons. The summed E-state index contributed by atoms with van der Waals surface area (Å²) in [5.41, 5.74) is 2.06. The summed E-state index contributed by atoms with van der Waals surface area (Å²) in [4.78, 5) is 4.64. The summed E-state index contributed by atoms with van der Waals surface area (Å²) in [6, 6.07) is 11.3. The zero-order valence-corrected chi connectivity index (χ0v) is 15.2. The highest BCUT2D eigenvalue weighted by Crippen LogP contribution is 2.30. The molecule has 0 unspecified atom stereocenters. The van der Waals surface area contributed by atoms with Crippen LogP contribution in [-0.4, -0.2) is 29.9 Å². The highest BCUT2D eigenvalue weighted by molar-refractivity contribution is 7.90. The first kappa shape index (κ1) is 18.0. The highest BCUT2D eigenvalue weighted by Gasteiger charge is 2.14. The van der Waals surface area contributed by atoms with E-state index in [-0.39, 0.29) is 16.4 Å². The first-order valence-corrected chi connectivity index (χ1v) is 9.91. The van der Waals surface area contributed by atoms with Gasteiger partial charge in [0.25, 0.3) is 0 Å². The van der Waals surface area contributed by atoms with Crippen LogP contribution in [-0.2, 0) is 22.7 Å². The van der Waals surface area contributed by atoms with E-state index in [2.05, 4.69) is 4.98 Å². The van der Waals surface area contributed by atoms with Crippen LogP contribution in [0.2, 0.25) is 0 Å². The fourth-order valence-corrected chi connectivity index (χ4v) is 3.33. The number of benzene rings is 2. The van der Waals surface area contributed by atoms with E-state index in [1.807, 2.05) is 6.92 Å². The van der Waals surface area contributed by atoms with Crippen LogP contribution in [0, 0.1) is 6.92 Å². The molecule has 0 fully saturated rings. The van der Waals surface area contributed by atoms with Gasteiger partial charge in [0, 0.05) is 18.2 Å². The molecule has 1 aromatic heterocycles. The quantitative estimate of drug-likeness (QED) is 0.666. The van der Waals surface area contributed by atoms with Crippen molar-refractivity contribution in [3.05, 3.63) is 59.6 Å². The third-order valence-corrected chi connectivity index (χ3v) is 5.22. The Morgan fingerprint density at radius 3 is 2.38 bits per heavy atom. The van der Waals surface area contributed by atoms with Gasteiger partial charge in [-0.2, -0.15) is 0 Å². The van der Waals surface area contributed by atoms with Crippen LogP contribution < -0.4 is 0 Å². The van der Waals surface area contributed by atoms with Crippen molar-refractivity contribution in [2.45, 2.75) is 24.7 Å². The third kappa shape index (κ3) is 3.72. The molecule has 0 aliphatic heterocycles. The zero-order valence-electron chi connectivity index (χ0n) is 14.4. The minimum atomic E-state index is -3.24. The molecular weight excluding hydrogens is 354 g/mol. The average Bonchev–Trinajstić information content (AvgIpc) is 2.96. The van der Waals surface area contributed by atoms with Gasteiger partial charge in [0.1, 0.15) is 0 Å². The van der Waals surface area contributed by atoms with Crippen molar-refractivity contribution in [3.63, 3.8) is 0 Å². The molecule has 7 heteroatoms. The normalized spacial score (nSPS) is 11.6. The summed E-state index contributed by atoms with van der Waals surface area (Å²) in [6.07, 6.45) is 2.09. The van der Waals surface area contributed by atoms with Crippen molar-refractivity contribution >= 4 is 9.84 Å². The number of aromatic nitrogens is 1. The Morgan fingerprint density at radius 1 is 1.04 bits per heavy atom. The Kier molecular flexibility index (Phi) is 4.73. The van der Waals surface area contributed by atoms with Crippen molar-refractivity contribution in [2.24, 2.45) is 0 Å². The number of phenols is 2. The van der Waals surface area contributed by atoms with E-state index in [0.29, 0.717) is 35.7 Å². The van der Waals surface area contributed by atoms with Gasteiger partial charge in [-0.1, -0.05) is 12.1 Å². The van der Waals surface area contributed by atoms with Crippen LogP contribution in [0.15, 0.2) is 51.8 Å². The largest absolute Gasteiger partial charge is 0.504 e. The van der Waals surface area contributed by atoms with Gasteiger partial charge in [-0.3, -0.25) is 0 Å². The van der Waals surface area contributed by atoms with Crippen LogP contribution in [0.1, 0.15) is 17.1 Å². The van der Waals surface area contributed by atoms with E-state index in [9.17, 15) is 18.6 Å². The summed E-state index contributed by atoms with van der Waals surface area (Å²) >= 11 is 0. The lowest BCUT2D eigenvalue weighted by molar-refractivity contribution is 0.398. The van der Waals surface area contributed by atoms with Crippen molar-refractivity contribution in [3.8, 4) is 22.8 Å². The second-order valence-electron chi connectivity index (χ2n) is 6.10. The number of phenolic OH excluding ortho intramolecular Hbond substituents is 2. The molecule has 0 aliphatic rings. The number of para-hydroxylation sites is 1. The number of sulfone groups is 1.